The number of carbonyl (C=O) groups is 1. The van der Waals surface area contributed by atoms with Crippen molar-refractivity contribution < 1.29 is 9.53 Å². The van der Waals surface area contributed by atoms with Gasteiger partial charge in [-0.05, 0) is 30.2 Å². The summed E-state index contributed by atoms with van der Waals surface area (Å²) in [7, 11) is 0. The molecule has 0 aliphatic carbocycles. The molecule has 0 radical (unpaired) electrons. The molecule has 1 saturated heterocycles. The van der Waals surface area contributed by atoms with Crippen molar-refractivity contribution in [3.63, 3.8) is 0 Å². The monoisotopic (exact) mass is 360 g/mol. The fraction of sp³-hybridized carbons (Fsp3) is 0.350. The maximum absolute atomic E-state index is 12.4. The van der Waals surface area contributed by atoms with Crippen LogP contribution in [0, 0.1) is 6.92 Å². The molecule has 1 fully saturated rings. The zero-order chi connectivity index (χ0) is 16.8. The van der Waals surface area contributed by atoms with Crippen LogP contribution in [0.25, 0.3) is 0 Å². The number of benzene rings is 2. The molecule has 3 rings (SSSR count). The second kappa shape index (κ2) is 9.44. The van der Waals surface area contributed by atoms with E-state index in [-0.39, 0.29) is 18.3 Å². The molecule has 0 saturated carbocycles. The maximum atomic E-state index is 12.4. The molecule has 2 aromatic carbocycles. The molecule has 1 heterocycles. The van der Waals surface area contributed by atoms with E-state index < -0.39 is 0 Å². The Hall–Kier alpha value is -2.04. The predicted molar refractivity (Wildman–Crippen MR) is 102 cm³/mol. The SMILES string of the molecule is Cc1cccc(COc2cccc(CC(=O)N3CCNCC3)c2)c1.Cl. The van der Waals surface area contributed by atoms with Gasteiger partial charge in [0, 0.05) is 26.2 Å². The summed E-state index contributed by atoms with van der Waals surface area (Å²) in [6.45, 7) is 5.96. The topological polar surface area (TPSA) is 41.6 Å². The molecular formula is C20H25ClN2O2. The molecule has 134 valence electrons. The number of rotatable bonds is 5. The lowest BCUT2D eigenvalue weighted by Gasteiger charge is -2.27. The summed E-state index contributed by atoms with van der Waals surface area (Å²) in [5.41, 5.74) is 3.38. The van der Waals surface area contributed by atoms with Gasteiger partial charge in [0.15, 0.2) is 0 Å². The quantitative estimate of drug-likeness (QED) is 0.891. The van der Waals surface area contributed by atoms with Gasteiger partial charge in [-0.3, -0.25) is 4.79 Å². The standard InChI is InChI=1S/C20H24N2O2.ClH/c1-16-4-2-6-18(12-16)15-24-19-7-3-5-17(13-19)14-20(23)22-10-8-21-9-11-22;/h2-7,12-13,21H,8-11,14-15H2,1H3;1H. The number of hydrogen-bond acceptors (Lipinski definition) is 3. The van der Waals surface area contributed by atoms with Gasteiger partial charge in [0.1, 0.15) is 12.4 Å². The van der Waals surface area contributed by atoms with Crippen LogP contribution in [0.5, 0.6) is 5.75 Å². The smallest absolute Gasteiger partial charge is 0.227 e. The lowest BCUT2D eigenvalue weighted by molar-refractivity contribution is -0.131. The fourth-order valence-electron chi connectivity index (χ4n) is 2.91. The van der Waals surface area contributed by atoms with Crippen molar-refractivity contribution in [2.75, 3.05) is 26.2 Å². The van der Waals surface area contributed by atoms with Gasteiger partial charge in [-0.15, -0.1) is 12.4 Å². The van der Waals surface area contributed by atoms with Gasteiger partial charge >= 0.3 is 0 Å². The molecule has 5 heteroatoms. The highest BCUT2D eigenvalue weighted by Crippen LogP contribution is 2.17. The third-order valence-electron chi connectivity index (χ3n) is 4.21. The number of halogens is 1. The van der Waals surface area contributed by atoms with Gasteiger partial charge in [0.05, 0.1) is 6.42 Å². The summed E-state index contributed by atoms with van der Waals surface area (Å²) in [6.07, 6.45) is 0.432. The van der Waals surface area contributed by atoms with Gasteiger partial charge in [0.25, 0.3) is 0 Å². The molecule has 0 atom stereocenters. The molecule has 0 unspecified atom stereocenters. The number of piperazine rings is 1. The predicted octanol–water partition coefficient (Wildman–Crippen LogP) is 2.97. The Morgan fingerprint density at radius 1 is 1.08 bits per heavy atom. The first-order chi connectivity index (χ1) is 11.7. The van der Waals surface area contributed by atoms with Crippen molar-refractivity contribution >= 4 is 18.3 Å². The normalized spacial score (nSPS) is 13.9. The number of hydrogen-bond donors (Lipinski definition) is 1. The van der Waals surface area contributed by atoms with E-state index in [1.165, 1.54) is 5.56 Å². The first-order valence-corrected chi connectivity index (χ1v) is 8.46. The molecule has 1 aliphatic heterocycles. The van der Waals surface area contributed by atoms with E-state index in [9.17, 15) is 4.79 Å². The Kier molecular flexibility index (Phi) is 7.29. The first-order valence-electron chi connectivity index (χ1n) is 8.46. The van der Waals surface area contributed by atoms with Gasteiger partial charge in [-0.2, -0.15) is 0 Å². The van der Waals surface area contributed by atoms with Crippen LogP contribution in [0.2, 0.25) is 0 Å². The average Bonchev–Trinajstić information content (AvgIpc) is 2.61. The number of carbonyl (C=O) groups excluding carboxylic acids is 1. The lowest BCUT2D eigenvalue weighted by Crippen LogP contribution is -2.46. The largest absolute Gasteiger partial charge is 0.489 e. The van der Waals surface area contributed by atoms with Crippen molar-refractivity contribution in [1.82, 2.24) is 10.2 Å². The highest BCUT2D eigenvalue weighted by Gasteiger charge is 2.16. The zero-order valence-electron chi connectivity index (χ0n) is 14.5. The second-order valence-electron chi connectivity index (χ2n) is 6.23. The highest BCUT2D eigenvalue weighted by molar-refractivity contribution is 5.85. The van der Waals surface area contributed by atoms with E-state index in [4.69, 9.17) is 4.74 Å². The Balaban J connectivity index is 0.00000225. The first kappa shape index (κ1) is 19.3. The van der Waals surface area contributed by atoms with Gasteiger partial charge in [0.2, 0.25) is 5.91 Å². The van der Waals surface area contributed by atoms with Crippen molar-refractivity contribution in [1.29, 1.82) is 0 Å². The number of amides is 1. The minimum Gasteiger partial charge on any atom is -0.489 e. The Morgan fingerprint density at radius 3 is 2.56 bits per heavy atom. The third kappa shape index (κ3) is 5.76. The molecule has 0 bridgehead atoms. The fourth-order valence-corrected chi connectivity index (χ4v) is 2.91. The van der Waals surface area contributed by atoms with E-state index >= 15 is 0 Å². The van der Waals surface area contributed by atoms with Crippen molar-refractivity contribution in [3.8, 4) is 5.75 Å². The van der Waals surface area contributed by atoms with Crippen molar-refractivity contribution in [2.24, 2.45) is 0 Å². The van der Waals surface area contributed by atoms with Gasteiger partial charge in [-0.1, -0.05) is 42.0 Å². The Bertz CT molecular complexity index is 700. The number of nitrogens with one attached hydrogen (secondary N) is 1. The van der Waals surface area contributed by atoms with E-state index in [2.05, 4.69) is 30.4 Å². The van der Waals surface area contributed by atoms with Crippen LogP contribution in [-0.4, -0.2) is 37.0 Å². The minimum absolute atomic E-state index is 0. The highest BCUT2D eigenvalue weighted by atomic mass is 35.5. The average molecular weight is 361 g/mol. The second-order valence-corrected chi connectivity index (χ2v) is 6.23. The number of ether oxygens (including phenoxy) is 1. The summed E-state index contributed by atoms with van der Waals surface area (Å²) in [5.74, 6) is 0.995. The van der Waals surface area contributed by atoms with Gasteiger partial charge in [-0.25, -0.2) is 0 Å². The molecule has 25 heavy (non-hydrogen) atoms. The third-order valence-corrected chi connectivity index (χ3v) is 4.21. The summed E-state index contributed by atoms with van der Waals surface area (Å²) < 4.78 is 5.88. The Morgan fingerprint density at radius 2 is 1.80 bits per heavy atom. The van der Waals surface area contributed by atoms with Crippen molar-refractivity contribution in [3.05, 3.63) is 65.2 Å². The molecule has 2 aromatic rings. The van der Waals surface area contributed by atoms with Crippen LogP contribution in [0.1, 0.15) is 16.7 Å². The molecule has 4 nitrogen and oxygen atoms in total. The van der Waals surface area contributed by atoms with E-state index in [0.717, 1.165) is 43.1 Å². The van der Waals surface area contributed by atoms with E-state index in [0.29, 0.717) is 13.0 Å². The summed E-state index contributed by atoms with van der Waals surface area (Å²) in [6, 6.07) is 16.1. The minimum atomic E-state index is 0. The Labute approximate surface area is 155 Å². The van der Waals surface area contributed by atoms with E-state index in [1.54, 1.807) is 0 Å². The van der Waals surface area contributed by atoms with Crippen molar-refractivity contribution in [2.45, 2.75) is 20.0 Å². The molecule has 0 spiro atoms. The summed E-state index contributed by atoms with van der Waals surface area (Å²) in [5, 5.41) is 3.26. The van der Waals surface area contributed by atoms with Crippen LogP contribution in [-0.2, 0) is 17.8 Å². The maximum Gasteiger partial charge on any atom is 0.227 e. The zero-order valence-corrected chi connectivity index (χ0v) is 15.3. The molecular weight excluding hydrogens is 336 g/mol. The number of aryl methyl sites for hydroxylation is 1. The van der Waals surface area contributed by atoms with Crippen LogP contribution < -0.4 is 10.1 Å². The molecule has 1 aliphatic rings. The van der Waals surface area contributed by atoms with Crippen LogP contribution in [0.4, 0.5) is 0 Å². The lowest BCUT2D eigenvalue weighted by atomic mass is 10.1. The van der Waals surface area contributed by atoms with Crippen LogP contribution >= 0.6 is 12.4 Å². The van der Waals surface area contributed by atoms with Crippen LogP contribution in [0.15, 0.2) is 48.5 Å². The molecule has 1 amide bonds. The van der Waals surface area contributed by atoms with E-state index in [1.807, 2.05) is 35.2 Å². The molecule has 0 aromatic heterocycles. The summed E-state index contributed by atoms with van der Waals surface area (Å²) in [4.78, 5) is 14.3. The van der Waals surface area contributed by atoms with Crippen LogP contribution in [0.3, 0.4) is 0 Å². The molecule has 1 N–H and O–H groups in total. The van der Waals surface area contributed by atoms with Gasteiger partial charge < -0.3 is 15.0 Å². The number of nitrogens with zero attached hydrogens (tertiary/aromatic N) is 1. The summed E-state index contributed by atoms with van der Waals surface area (Å²) >= 11 is 0.